The van der Waals surface area contributed by atoms with Gasteiger partial charge in [-0.3, -0.25) is 0 Å². The van der Waals surface area contributed by atoms with Crippen molar-refractivity contribution in [3.8, 4) is 0 Å². The van der Waals surface area contributed by atoms with Gasteiger partial charge in [-0.1, -0.05) is 25.7 Å². The molecule has 1 aliphatic carbocycles. The quantitative estimate of drug-likeness (QED) is 0.738. The lowest BCUT2D eigenvalue weighted by Crippen LogP contribution is -2.44. The molecule has 0 aromatic rings. The summed E-state index contributed by atoms with van der Waals surface area (Å²) >= 11 is 0. The Morgan fingerprint density at radius 2 is 1.94 bits per heavy atom. The Balaban J connectivity index is 1.60. The van der Waals surface area contributed by atoms with E-state index in [0.29, 0.717) is 0 Å². The zero-order valence-corrected chi connectivity index (χ0v) is 12.0. The first-order valence-corrected chi connectivity index (χ1v) is 7.83. The maximum absolute atomic E-state index is 10.4. The van der Waals surface area contributed by atoms with E-state index in [9.17, 15) is 5.11 Å². The Morgan fingerprint density at radius 3 is 2.67 bits per heavy atom. The van der Waals surface area contributed by atoms with E-state index in [-0.39, 0.29) is 0 Å². The van der Waals surface area contributed by atoms with Crippen molar-refractivity contribution in [3.05, 3.63) is 0 Å². The second-order valence-corrected chi connectivity index (χ2v) is 6.38. The van der Waals surface area contributed by atoms with E-state index in [1.165, 1.54) is 51.5 Å². The fourth-order valence-electron chi connectivity index (χ4n) is 3.49. The fourth-order valence-corrected chi connectivity index (χ4v) is 3.49. The first kappa shape index (κ1) is 14.3. The molecule has 2 aliphatic rings. The van der Waals surface area contributed by atoms with Crippen LogP contribution in [-0.2, 0) is 0 Å². The van der Waals surface area contributed by atoms with Crippen molar-refractivity contribution in [2.24, 2.45) is 0 Å². The lowest BCUT2D eigenvalue weighted by molar-refractivity contribution is 0.00458. The molecule has 0 aromatic carbocycles. The summed E-state index contributed by atoms with van der Waals surface area (Å²) in [5, 5.41) is 13.9. The van der Waals surface area contributed by atoms with Crippen molar-refractivity contribution < 1.29 is 5.11 Å². The van der Waals surface area contributed by atoms with Gasteiger partial charge in [0.25, 0.3) is 0 Å². The summed E-state index contributed by atoms with van der Waals surface area (Å²) < 4.78 is 0. The molecule has 0 bridgehead atoms. The van der Waals surface area contributed by atoms with Crippen LogP contribution < -0.4 is 5.32 Å². The van der Waals surface area contributed by atoms with Crippen LogP contribution in [0.25, 0.3) is 0 Å². The van der Waals surface area contributed by atoms with Crippen LogP contribution in [0.5, 0.6) is 0 Å². The maximum Gasteiger partial charge on any atom is 0.0771 e. The zero-order valence-electron chi connectivity index (χ0n) is 12.0. The molecule has 1 atom stereocenters. The molecule has 0 radical (unpaired) electrons. The predicted octanol–water partition coefficient (Wildman–Crippen LogP) is 2.15. The zero-order chi connectivity index (χ0) is 12.8. The Labute approximate surface area is 112 Å². The molecule has 2 fully saturated rings. The monoisotopic (exact) mass is 254 g/mol. The van der Waals surface area contributed by atoms with Crippen LogP contribution in [-0.4, -0.2) is 48.3 Å². The minimum atomic E-state index is -0.406. The van der Waals surface area contributed by atoms with Crippen LogP contribution in [0.3, 0.4) is 0 Å². The van der Waals surface area contributed by atoms with Gasteiger partial charge in [0.15, 0.2) is 0 Å². The molecule has 0 aromatic heterocycles. The molecule has 0 spiro atoms. The number of aliphatic hydroxyl groups is 1. The Morgan fingerprint density at radius 1 is 1.17 bits per heavy atom. The highest BCUT2D eigenvalue weighted by Crippen LogP contribution is 2.27. The van der Waals surface area contributed by atoms with Crippen LogP contribution in [0.1, 0.15) is 57.8 Å². The topological polar surface area (TPSA) is 35.5 Å². The summed E-state index contributed by atoms with van der Waals surface area (Å²) in [5.74, 6) is 0. The fraction of sp³-hybridized carbons (Fsp3) is 1.00. The van der Waals surface area contributed by atoms with Crippen molar-refractivity contribution >= 4 is 0 Å². The largest absolute Gasteiger partial charge is 0.389 e. The van der Waals surface area contributed by atoms with Crippen molar-refractivity contribution in [1.82, 2.24) is 10.2 Å². The van der Waals surface area contributed by atoms with E-state index >= 15 is 0 Å². The van der Waals surface area contributed by atoms with Gasteiger partial charge >= 0.3 is 0 Å². The number of nitrogens with one attached hydrogen (secondary N) is 1. The number of likely N-dealkylation sites (tertiary alicyclic amines) is 1. The molecule has 1 unspecified atom stereocenters. The third kappa shape index (κ3) is 4.22. The van der Waals surface area contributed by atoms with Crippen molar-refractivity contribution in [1.29, 1.82) is 0 Å². The molecule has 18 heavy (non-hydrogen) atoms. The van der Waals surface area contributed by atoms with Gasteiger partial charge in [0, 0.05) is 12.6 Å². The van der Waals surface area contributed by atoms with Gasteiger partial charge in [0.2, 0.25) is 0 Å². The third-order valence-electron chi connectivity index (χ3n) is 4.81. The third-order valence-corrected chi connectivity index (χ3v) is 4.81. The highest BCUT2D eigenvalue weighted by atomic mass is 16.3. The summed E-state index contributed by atoms with van der Waals surface area (Å²) in [5.41, 5.74) is -0.406. The van der Waals surface area contributed by atoms with E-state index in [2.05, 4.69) is 17.3 Å². The van der Waals surface area contributed by atoms with Crippen molar-refractivity contribution in [2.45, 2.75) is 69.4 Å². The number of hydrogen-bond acceptors (Lipinski definition) is 3. The second kappa shape index (κ2) is 6.88. The molecule has 1 saturated carbocycles. The lowest BCUT2D eigenvalue weighted by Gasteiger charge is -2.34. The van der Waals surface area contributed by atoms with E-state index < -0.39 is 5.60 Å². The Kier molecular flexibility index (Phi) is 5.46. The van der Waals surface area contributed by atoms with E-state index in [1.807, 2.05) is 0 Å². The number of hydrogen-bond donors (Lipinski definition) is 2. The van der Waals surface area contributed by atoms with Crippen LogP contribution in [0, 0.1) is 0 Å². The molecule has 1 aliphatic heterocycles. The van der Waals surface area contributed by atoms with Crippen molar-refractivity contribution in [2.75, 3.05) is 26.7 Å². The molecule has 1 heterocycles. The van der Waals surface area contributed by atoms with Gasteiger partial charge < -0.3 is 15.3 Å². The average molecular weight is 254 g/mol. The first-order chi connectivity index (χ1) is 8.70. The molecule has 3 nitrogen and oxygen atoms in total. The van der Waals surface area contributed by atoms with Gasteiger partial charge in [0.1, 0.15) is 0 Å². The van der Waals surface area contributed by atoms with Crippen LogP contribution >= 0.6 is 0 Å². The minimum absolute atomic E-state index is 0.406. The molecule has 3 heteroatoms. The SMILES string of the molecule is CN1CCCCC1CCNCC1(O)CCCCC1. The second-order valence-electron chi connectivity index (χ2n) is 6.38. The Hall–Kier alpha value is -0.120. The Bertz CT molecular complexity index is 239. The van der Waals surface area contributed by atoms with Gasteiger partial charge in [-0.2, -0.15) is 0 Å². The maximum atomic E-state index is 10.4. The lowest BCUT2D eigenvalue weighted by atomic mass is 9.85. The standard InChI is InChI=1S/C15H30N2O/c1-17-12-6-3-7-14(17)8-11-16-13-15(18)9-4-2-5-10-15/h14,16,18H,2-13H2,1H3. The summed E-state index contributed by atoms with van der Waals surface area (Å²) in [6, 6.07) is 0.757. The first-order valence-electron chi connectivity index (χ1n) is 7.83. The highest BCUT2D eigenvalue weighted by Gasteiger charge is 2.28. The minimum Gasteiger partial charge on any atom is -0.389 e. The van der Waals surface area contributed by atoms with Gasteiger partial charge in [-0.05, 0) is 52.2 Å². The summed E-state index contributed by atoms with van der Waals surface area (Å²) in [6.07, 6.45) is 11.0. The molecule has 1 saturated heterocycles. The predicted molar refractivity (Wildman–Crippen MR) is 75.8 cm³/mol. The number of piperidine rings is 1. The molecule has 2 rings (SSSR count). The number of rotatable bonds is 5. The average Bonchev–Trinajstić information content (AvgIpc) is 2.37. The smallest absolute Gasteiger partial charge is 0.0771 e. The van der Waals surface area contributed by atoms with Crippen LogP contribution in [0.2, 0.25) is 0 Å². The summed E-state index contributed by atoms with van der Waals surface area (Å²) in [4.78, 5) is 2.50. The normalized spacial score (nSPS) is 29.3. The van der Waals surface area contributed by atoms with Crippen LogP contribution in [0.4, 0.5) is 0 Å². The summed E-state index contributed by atoms with van der Waals surface area (Å²) in [7, 11) is 2.25. The van der Waals surface area contributed by atoms with Crippen LogP contribution in [0.15, 0.2) is 0 Å². The van der Waals surface area contributed by atoms with E-state index in [4.69, 9.17) is 0 Å². The molecular weight excluding hydrogens is 224 g/mol. The van der Waals surface area contributed by atoms with Gasteiger partial charge in [-0.25, -0.2) is 0 Å². The van der Waals surface area contributed by atoms with Crippen molar-refractivity contribution in [3.63, 3.8) is 0 Å². The molecule has 2 N–H and O–H groups in total. The molecule has 106 valence electrons. The van der Waals surface area contributed by atoms with E-state index in [0.717, 1.165) is 32.0 Å². The summed E-state index contributed by atoms with van der Waals surface area (Å²) in [6.45, 7) is 3.11. The highest BCUT2D eigenvalue weighted by molar-refractivity contribution is 4.84. The molecule has 0 amide bonds. The van der Waals surface area contributed by atoms with Gasteiger partial charge in [-0.15, -0.1) is 0 Å². The van der Waals surface area contributed by atoms with E-state index in [1.54, 1.807) is 0 Å². The van der Waals surface area contributed by atoms with Gasteiger partial charge in [0.05, 0.1) is 5.60 Å². The number of nitrogens with zero attached hydrogens (tertiary/aromatic N) is 1. The molecular formula is C15H30N2O.